The van der Waals surface area contributed by atoms with E-state index in [1.54, 1.807) is 19.1 Å². The summed E-state index contributed by atoms with van der Waals surface area (Å²) in [5.41, 5.74) is 5.80. The van der Waals surface area contributed by atoms with E-state index in [9.17, 15) is 19.2 Å². The van der Waals surface area contributed by atoms with Crippen molar-refractivity contribution in [3.63, 3.8) is 0 Å². The number of Topliss-reactive ketones (excluding diaryl/α,β-unsaturated/α-hetero) is 1. The molecule has 2 aromatic rings. The van der Waals surface area contributed by atoms with E-state index >= 15 is 4.39 Å². The highest BCUT2D eigenvalue weighted by atomic mass is 79.9. The Kier molecular flexibility index (Phi) is 11.6. The number of carbonyl (C=O) groups excluding carboxylic acids is 4. The average Bonchev–Trinajstić information content (AvgIpc) is 3.68. The first-order valence-corrected chi connectivity index (χ1v) is 14.1. The summed E-state index contributed by atoms with van der Waals surface area (Å²) in [7, 11) is 0. The highest BCUT2D eigenvalue weighted by molar-refractivity contribution is 9.10. The third-order valence-corrected chi connectivity index (χ3v) is 6.86. The van der Waals surface area contributed by atoms with Gasteiger partial charge in [-0.05, 0) is 65.4 Å². The van der Waals surface area contributed by atoms with E-state index in [2.05, 4.69) is 31.5 Å². The van der Waals surface area contributed by atoms with Crippen LogP contribution in [0.3, 0.4) is 0 Å². The number of urea groups is 1. The quantitative estimate of drug-likeness (QED) is 0.118. The number of rotatable bonds is 13. The molecule has 222 valence electrons. The van der Waals surface area contributed by atoms with Gasteiger partial charge in [0, 0.05) is 34.6 Å². The van der Waals surface area contributed by atoms with Gasteiger partial charge in [0.2, 0.25) is 0 Å². The topological polar surface area (TPSA) is 159 Å². The van der Waals surface area contributed by atoms with Crippen molar-refractivity contribution in [2.45, 2.75) is 64.5 Å². The van der Waals surface area contributed by atoms with Crippen molar-refractivity contribution in [2.75, 3.05) is 18.5 Å². The summed E-state index contributed by atoms with van der Waals surface area (Å²) in [6.45, 7) is 5.33. The molecule has 0 bridgehead atoms. The van der Waals surface area contributed by atoms with Gasteiger partial charge >= 0.3 is 18.2 Å². The number of pyridine rings is 1. The monoisotopic (exact) mass is 636 g/mol. The second-order valence-electron chi connectivity index (χ2n) is 9.87. The summed E-state index contributed by atoms with van der Waals surface area (Å²) >= 11 is 3.27. The Balaban J connectivity index is 1.59. The Morgan fingerprint density at radius 2 is 1.83 bits per heavy atom. The number of amides is 2. The zero-order valence-electron chi connectivity index (χ0n) is 23.1. The minimum absolute atomic E-state index is 0.0155. The number of nitrogens with two attached hydrogens (primary N) is 1. The van der Waals surface area contributed by atoms with Gasteiger partial charge in [0.1, 0.15) is 17.7 Å². The lowest BCUT2D eigenvalue weighted by Gasteiger charge is -2.16. The molecule has 11 nitrogen and oxygen atoms in total. The van der Waals surface area contributed by atoms with Crippen molar-refractivity contribution in [1.29, 1.82) is 0 Å². The molecule has 0 spiro atoms. The van der Waals surface area contributed by atoms with Gasteiger partial charge < -0.3 is 25.3 Å². The number of nitrogens with zero attached hydrogens (tertiary/aromatic N) is 1. The number of ketones is 1. The van der Waals surface area contributed by atoms with Crippen molar-refractivity contribution in [3.05, 3.63) is 51.9 Å². The van der Waals surface area contributed by atoms with Crippen LogP contribution in [0.2, 0.25) is 0 Å². The molecule has 3 atom stereocenters. The number of hydrogen-bond acceptors (Lipinski definition) is 9. The summed E-state index contributed by atoms with van der Waals surface area (Å²) in [6, 6.07) is 4.03. The molecular formula is C28H34BrFN4O7. The number of nitrogens with one attached hydrogen (secondary N) is 2. The zero-order valence-corrected chi connectivity index (χ0v) is 24.7. The van der Waals surface area contributed by atoms with E-state index in [4.69, 9.17) is 19.9 Å². The Labute approximate surface area is 245 Å². The number of unbranched alkanes of at least 4 members (excludes halogenated alkanes) is 1. The van der Waals surface area contributed by atoms with Crippen molar-refractivity contribution in [3.8, 4) is 5.75 Å². The molecule has 3 rings (SSSR count). The van der Waals surface area contributed by atoms with Gasteiger partial charge in [0.25, 0.3) is 0 Å². The second-order valence-corrected chi connectivity index (χ2v) is 10.8. The number of halogens is 2. The van der Waals surface area contributed by atoms with Crippen LogP contribution in [-0.2, 0) is 14.3 Å². The lowest BCUT2D eigenvalue weighted by atomic mass is 10.00. The first-order valence-electron chi connectivity index (χ1n) is 13.3. The lowest BCUT2D eigenvalue weighted by Crippen LogP contribution is -2.37. The van der Waals surface area contributed by atoms with E-state index in [0.29, 0.717) is 25.1 Å². The fourth-order valence-electron chi connectivity index (χ4n) is 3.90. The van der Waals surface area contributed by atoms with Crippen molar-refractivity contribution in [1.82, 2.24) is 10.3 Å². The van der Waals surface area contributed by atoms with Gasteiger partial charge in [0.05, 0.1) is 18.8 Å². The van der Waals surface area contributed by atoms with Crippen LogP contribution in [-0.4, -0.2) is 54.2 Å². The van der Waals surface area contributed by atoms with Crippen molar-refractivity contribution in [2.24, 2.45) is 11.7 Å². The van der Waals surface area contributed by atoms with E-state index in [-0.39, 0.29) is 48.2 Å². The molecule has 0 saturated heterocycles. The SMILES string of the molecule is CCC(=O)c1ccc(F)c(C2CC2NC(=O)Nc2ccc(Br)cn2)c1OC(=O)OCCCCOC(=O)[C@@H](N)C(C)C. The molecule has 2 amide bonds. The molecule has 1 heterocycles. The Morgan fingerprint density at radius 3 is 2.46 bits per heavy atom. The summed E-state index contributed by atoms with van der Waals surface area (Å²) in [5.74, 6) is -1.99. The predicted molar refractivity (Wildman–Crippen MR) is 151 cm³/mol. The molecule has 0 radical (unpaired) electrons. The van der Waals surface area contributed by atoms with E-state index in [1.165, 1.54) is 12.3 Å². The molecule has 1 aliphatic rings. The van der Waals surface area contributed by atoms with Crippen LogP contribution in [0.4, 0.5) is 19.8 Å². The maximum Gasteiger partial charge on any atom is 0.513 e. The number of anilines is 1. The Hall–Kier alpha value is -3.58. The van der Waals surface area contributed by atoms with Gasteiger partial charge in [-0.25, -0.2) is 19.0 Å². The molecular weight excluding hydrogens is 603 g/mol. The van der Waals surface area contributed by atoms with Gasteiger partial charge in [-0.15, -0.1) is 0 Å². The summed E-state index contributed by atoms with van der Waals surface area (Å²) in [6.07, 6.45) is 1.68. The first kappa shape index (κ1) is 31.9. The van der Waals surface area contributed by atoms with E-state index < -0.39 is 42.0 Å². The molecule has 1 saturated carbocycles. The number of benzene rings is 1. The predicted octanol–water partition coefficient (Wildman–Crippen LogP) is 5.08. The van der Waals surface area contributed by atoms with Gasteiger partial charge in [0.15, 0.2) is 11.5 Å². The van der Waals surface area contributed by atoms with Crippen LogP contribution in [0.15, 0.2) is 34.9 Å². The van der Waals surface area contributed by atoms with E-state index in [0.717, 1.165) is 10.5 Å². The first-order chi connectivity index (χ1) is 19.5. The Morgan fingerprint density at radius 1 is 1.12 bits per heavy atom. The minimum Gasteiger partial charge on any atom is -0.465 e. The summed E-state index contributed by atoms with van der Waals surface area (Å²) in [5, 5.41) is 5.34. The number of carbonyl (C=O) groups is 4. The molecule has 1 aromatic heterocycles. The number of aromatic nitrogens is 1. The summed E-state index contributed by atoms with van der Waals surface area (Å²) in [4.78, 5) is 53.4. The molecule has 13 heteroatoms. The molecule has 4 N–H and O–H groups in total. The van der Waals surface area contributed by atoms with Crippen LogP contribution in [0.25, 0.3) is 0 Å². The third-order valence-electron chi connectivity index (χ3n) is 6.39. The lowest BCUT2D eigenvalue weighted by molar-refractivity contribution is -0.146. The minimum atomic E-state index is -1.11. The normalized spacial score (nSPS) is 16.5. The zero-order chi connectivity index (χ0) is 30.1. The maximum absolute atomic E-state index is 15.1. The van der Waals surface area contributed by atoms with Crippen molar-refractivity contribution < 1.29 is 37.8 Å². The van der Waals surface area contributed by atoms with Crippen LogP contribution in [0.1, 0.15) is 68.3 Å². The molecule has 1 fully saturated rings. The number of ether oxygens (including phenoxy) is 3. The fraction of sp³-hybridized carbons (Fsp3) is 0.464. The second kappa shape index (κ2) is 14.9. The van der Waals surface area contributed by atoms with Crippen LogP contribution < -0.4 is 21.1 Å². The van der Waals surface area contributed by atoms with Crippen LogP contribution in [0.5, 0.6) is 5.75 Å². The van der Waals surface area contributed by atoms with E-state index in [1.807, 2.05) is 13.8 Å². The highest BCUT2D eigenvalue weighted by Crippen LogP contribution is 2.47. The number of hydrogen-bond donors (Lipinski definition) is 3. The average molecular weight is 638 g/mol. The van der Waals surface area contributed by atoms with Gasteiger partial charge in [-0.2, -0.15) is 0 Å². The third kappa shape index (κ3) is 9.22. The van der Waals surface area contributed by atoms with Gasteiger partial charge in [-0.1, -0.05) is 20.8 Å². The van der Waals surface area contributed by atoms with Crippen molar-refractivity contribution >= 4 is 45.7 Å². The standard InChI is InChI=1S/C28H34BrFN4O7/c1-4-21(35)17-8-9-19(30)23(18-13-20(18)33-27(37)34-22-10-7-16(29)14-32-22)25(17)41-28(38)40-12-6-5-11-39-26(36)24(31)15(2)3/h7-10,14-15,18,20,24H,4-6,11-13,31H2,1-3H3,(H2,32,33,34,37)/t18?,20?,24-/m0/s1. The van der Waals surface area contributed by atoms with Crippen LogP contribution >= 0.6 is 15.9 Å². The summed E-state index contributed by atoms with van der Waals surface area (Å²) < 4.78 is 31.4. The maximum atomic E-state index is 15.1. The molecule has 41 heavy (non-hydrogen) atoms. The van der Waals surface area contributed by atoms with Gasteiger partial charge in [-0.3, -0.25) is 14.9 Å². The Bertz CT molecular complexity index is 1260. The molecule has 0 aliphatic heterocycles. The molecule has 1 aliphatic carbocycles. The smallest absolute Gasteiger partial charge is 0.465 e. The largest absolute Gasteiger partial charge is 0.513 e. The van der Waals surface area contributed by atoms with Crippen LogP contribution in [0, 0.1) is 11.7 Å². The molecule has 2 unspecified atom stereocenters. The highest BCUT2D eigenvalue weighted by Gasteiger charge is 2.44. The fourth-order valence-corrected chi connectivity index (χ4v) is 4.13. The molecule has 1 aromatic carbocycles. The number of esters is 1.